The number of aliphatic hydroxyl groups is 1. The summed E-state index contributed by atoms with van der Waals surface area (Å²) in [7, 11) is 0. The van der Waals surface area contributed by atoms with Gasteiger partial charge in [0.2, 0.25) is 0 Å². The highest BCUT2D eigenvalue weighted by molar-refractivity contribution is 9.10. The van der Waals surface area contributed by atoms with Crippen LogP contribution in [0.5, 0.6) is 0 Å². The van der Waals surface area contributed by atoms with E-state index in [2.05, 4.69) is 20.8 Å². The van der Waals surface area contributed by atoms with E-state index >= 15 is 0 Å². The van der Waals surface area contributed by atoms with E-state index in [1.807, 2.05) is 6.07 Å². The fourth-order valence-electron chi connectivity index (χ4n) is 2.01. The largest absolute Gasteiger partial charge is 0.395 e. The number of nitro groups is 1. The van der Waals surface area contributed by atoms with Gasteiger partial charge in [-0.3, -0.25) is 15.0 Å². The maximum Gasteiger partial charge on any atom is 0.283 e. The zero-order valence-corrected chi connectivity index (χ0v) is 11.5. The zero-order chi connectivity index (χ0) is 13.1. The lowest BCUT2D eigenvalue weighted by Gasteiger charge is -2.21. The SMILES string of the molecule is O=[N+]([O-])c1cccc(CN(CCO)C2CC2)c1Br. The van der Waals surface area contributed by atoms with E-state index in [-0.39, 0.29) is 17.2 Å². The lowest BCUT2D eigenvalue weighted by Crippen LogP contribution is -2.28. The van der Waals surface area contributed by atoms with E-state index in [1.54, 1.807) is 6.07 Å². The summed E-state index contributed by atoms with van der Waals surface area (Å²) in [6.45, 7) is 1.36. The van der Waals surface area contributed by atoms with Gasteiger partial charge in [0.1, 0.15) is 0 Å². The highest BCUT2D eigenvalue weighted by Gasteiger charge is 2.29. The molecule has 5 nitrogen and oxygen atoms in total. The van der Waals surface area contributed by atoms with Crippen molar-refractivity contribution in [1.82, 2.24) is 4.90 Å². The molecule has 1 aromatic rings. The molecular formula is C12H15BrN2O3. The second kappa shape index (κ2) is 5.77. The first kappa shape index (κ1) is 13.5. The van der Waals surface area contributed by atoms with Gasteiger partial charge >= 0.3 is 0 Å². The molecule has 1 aliphatic carbocycles. The molecule has 1 aromatic carbocycles. The smallest absolute Gasteiger partial charge is 0.283 e. The summed E-state index contributed by atoms with van der Waals surface area (Å²) in [6.07, 6.45) is 2.29. The van der Waals surface area contributed by atoms with Crippen LogP contribution < -0.4 is 0 Å². The molecule has 0 aromatic heterocycles. The number of nitrogens with zero attached hydrogens (tertiary/aromatic N) is 2. The third-order valence-electron chi connectivity index (χ3n) is 3.08. The Kier molecular flexibility index (Phi) is 4.31. The Labute approximate surface area is 114 Å². The molecule has 0 saturated heterocycles. The van der Waals surface area contributed by atoms with E-state index in [4.69, 9.17) is 5.11 Å². The van der Waals surface area contributed by atoms with E-state index in [9.17, 15) is 10.1 Å². The van der Waals surface area contributed by atoms with Gasteiger partial charge in [-0.15, -0.1) is 0 Å². The minimum absolute atomic E-state index is 0.0900. The van der Waals surface area contributed by atoms with Gasteiger partial charge in [0, 0.05) is 25.2 Å². The minimum Gasteiger partial charge on any atom is -0.395 e. The van der Waals surface area contributed by atoms with Crippen LogP contribution in [0, 0.1) is 10.1 Å². The molecule has 0 amide bonds. The average molecular weight is 315 g/mol. The van der Waals surface area contributed by atoms with Crippen molar-refractivity contribution in [2.75, 3.05) is 13.2 Å². The Morgan fingerprint density at radius 1 is 1.50 bits per heavy atom. The fourth-order valence-corrected chi connectivity index (χ4v) is 2.54. The van der Waals surface area contributed by atoms with Crippen molar-refractivity contribution in [2.45, 2.75) is 25.4 Å². The predicted octanol–water partition coefficient (Wildman–Crippen LogP) is 2.31. The van der Waals surface area contributed by atoms with Crippen LogP contribution in [0.15, 0.2) is 22.7 Å². The quantitative estimate of drug-likeness (QED) is 0.646. The van der Waals surface area contributed by atoms with Gasteiger partial charge < -0.3 is 5.11 Å². The first-order chi connectivity index (χ1) is 8.63. The third kappa shape index (κ3) is 3.07. The number of benzene rings is 1. The predicted molar refractivity (Wildman–Crippen MR) is 71.3 cm³/mol. The van der Waals surface area contributed by atoms with E-state index in [1.165, 1.54) is 6.07 Å². The Bertz CT molecular complexity index is 449. The average Bonchev–Trinajstić information content (AvgIpc) is 3.14. The molecule has 0 aliphatic heterocycles. The van der Waals surface area contributed by atoms with Crippen LogP contribution in [0.25, 0.3) is 0 Å². The Morgan fingerprint density at radius 2 is 2.22 bits per heavy atom. The van der Waals surface area contributed by atoms with Crippen LogP contribution in [0.1, 0.15) is 18.4 Å². The van der Waals surface area contributed by atoms with Gasteiger partial charge in [0.05, 0.1) is 16.0 Å². The normalized spacial score (nSPS) is 15.1. The van der Waals surface area contributed by atoms with Gasteiger partial charge in [0.25, 0.3) is 5.69 Å². The maximum absolute atomic E-state index is 10.9. The summed E-state index contributed by atoms with van der Waals surface area (Å²) >= 11 is 3.30. The number of rotatable bonds is 6. The molecule has 0 unspecified atom stereocenters. The summed E-state index contributed by atoms with van der Waals surface area (Å²) in [5.41, 5.74) is 0.983. The Hall–Kier alpha value is -0.980. The minimum atomic E-state index is -0.388. The topological polar surface area (TPSA) is 66.6 Å². The van der Waals surface area contributed by atoms with Gasteiger partial charge in [-0.25, -0.2) is 0 Å². The molecule has 18 heavy (non-hydrogen) atoms. The van der Waals surface area contributed by atoms with Crippen LogP contribution in [0.4, 0.5) is 5.69 Å². The standard InChI is InChI=1S/C12H15BrN2O3/c13-12-9(2-1-3-11(12)15(17)18)8-14(6-7-16)10-4-5-10/h1-3,10,16H,4-8H2. The highest BCUT2D eigenvalue weighted by Crippen LogP contribution is 2.32. The van der Waals surface area contributed by atoms with Gasteiger partial charge in [-0.1, -0.05) is 12.1 Å². The second-order valence-corrected chi connectivity index (χ2v) is 5.23. The molecule has 0 heterocycles. The molecule has 98 valence electrons. The van der Waals surface area contributed by atoms with Crippen LogP contribution in [-0.4, -0.2) is 34.1 Å². The zero-order valence-electron chi connectivity index (χ0n) is 9.88. The molecule has 0 atom stereocenters. The first-order valence-corrected chi connectivity index (χ1v) is 6.69. The van der Waals surface area contributed by atoms with Crippen molar-refractivity contribution in [3.8, 4) is 0 Å². The van der Waals surface area contributed by atoms with Crippen molar-refractivity contribution in [2.24, 2.45) is 0 Å². The molecular weight excluding hydrogens is 300 g/mol. The fraction of sp³-hybridized carbons (Fsp3) is 0.500. The third-order valence-corrected chi connectivity index (χ3v) is 3.99. The molecule has 2 rings (SSSR count). The monoisotopic (exact) mass is 314 g/mol. The summed E-state index contributed by atoms with van der Waals surface area (Å²) in [5.74, 6) is 0. The molecule has 6 heteroatoms. The van der Waals surface area contributed by atoms with E-state index in [0.717, 1.165) is 18.4 Å². The van der Waals surface area contributed by atoms with Crippen molar-refractivity contribution < 1.29 is 10.0 Å². The highest BCUT2D eigenvalue weighted by atomic mass is 79.9. The molecule has 0 radical (unpaired) electrons. The first-order valence-electron chi connectivity index (χ1n) is 5.90. The van der Waals surface area contributed by atoms with Crippen molar-refractivity contribution in [1.29, 1.82) is 0 Å². The van der Waals surface area contributed by atoms with Crippen molar-refractivity contribution in [3.05, 3.63) is 38.3 Å². The van der Waals surface area contributed by atoms with Crippen LogP contribution in [0.3, 0.4) is 0 Å². The molecule has 1 aliphatic rings. The van der Waals surface area contributed by atoms with Crippen molar-refractivity contribution in [3.63, 3.8) is 0 Å². The molecule has 1 saturated carbocycles. The molecule has 0 bridgehead atoms. The lowest BCUT2D eigenvalue weighted by molar-refractivity contribution is -0.385. The number of hydrogen-bond donors (Lipinski definition) is 1. The summed E-state index contributed by atoms with van der Waals surface area (Å²) in [4.78, 5) is 12.6. The van der Waals surface area contributed by atoms with Crippen LogP contribution in [-0.2, 0) is 6.54 Å². The van der Waals surface area contributed by atoms with E-state index < -0.39 is 0 Å². The number of nitro benzene ring substituents is 1. The summed E-state index contributed by atoms with van der Waals surface area (Å²) in [5, 5.41) is 19.9. The van der Waals surface area contributed by atoms with Crippen LogP contribution >= 0.6 is 15.9 Å². The summed E-state index contributed by atoms with van der Waals surface area (Å²) < 4.78 is 0.540. The van der Waals surface area contributed by atoms with Gasteiger partial charge in [-0.2, -0.15) is 0 Å². The summed E-state index contributed by atoms with van der Waals surface area (Å²) in [6, 6.07) is 5.58. The Morgan fingerprint density at radius 3 is 2.78 bits per heavy atom. The number of halogens is 1. The second-order valence-electron chi connectivity index (χ2n) is 4.43. The van der Waals surface area contributed by atoms with Crippen LogP contribution in [0.2, 0.25) is 0 Å². The number of hydrogen-bond acceptors (Lipinski definition) is 4. The van der Waals surface area contributed by atoms with E-state index in [0.29, 0.717) is 23.6 Å². The van der Waals surface area contributed by atoms with Crippen molar-refractivity contribution >= 4 is 21.6 Å². The van der Waals surface area contributed by atoms with Gasteiger partial charge in [-0.05, 0) is 34.3 Å². The molecule has 1 fully saturated rings. The molecule has 0 spiro atoms. The van der Waals surface area contributed by atoms with Gasteiger partial charge in [0.15, 0.2) is 0 Å². The number of aliphatic hydroxyl groups excluding tert-OH is 1. The molecule has 1 N–H and O–H groups in total. The Balaban J connectivity index is 2.17. The maximum atomic E-state index is 10.9. The lowest BCUT2D eigenvalue weighted by atomic mass is 10.2.